The maximum absolute atomic E-state index is 13.3. The van der Waals surface area contributed by atoms with Gasteiger partial charge in [0.2, 0.25) is 0 Å². The summed E-state index contributed by atoms with van der Waals surface area (Å²) in [6, 6.07) is 9.84. The topological polar surface area (TPSA) is 92.2 Å². The predicted molar refractivity (Wildman–Crippen MR) is 114 cm³/mol. The van der Waals surface area contributed by atoms with E-state index < -0.39 is 0 Å². The largest absolute Gasteiger partial charge is 0.379 e. The van der Waals surface area contributed by atoms with Gasteiger partial charge in [0.25, 0.3) is 5.91 Å². The third-order valence-corrected chi connectivity index (χ3v) is 6.17. The summed E-state index contributed by atoms with van der Waals surface area (Å²) < 4.78 is 7.74. The summed E-state index contributed by atoms with van der Waals surface area (Å²) in [7, 11) is 0. The smallest absolute Gasteiger partial charge is 0.257 e. The van der Waals surface area contributed by atoms with Gasteiger partial charge in [0.15, 0.2) is 0 Å². The van der Waals surface area contributed by atoms with Crippen LogP contribution < -0.4 is 0 Å². The Morgan fingerprint density at radius 1 is 1.16 bits per heavy atom. The van der Waals surface area contributed by atoms with Gasteiger partial charge in [0, 0.05) is 44.3 Å². The van der Waals surface area contributed by atoms with Gasteiger partial charge in [0.05, 0.1) is 42.6 Å². The van der Waals surface area contributed by atoms with Crippen molar-refractivity contribution in [3.8, 4) is 5.69 Å². The van der Waals surface area contributed by atoms with Gasteiger partial charge in [-0.15, -0.1) is 0 Å². The van der Waals surface area contributed by atoms with Gasteiger partial charge in [-0.25, -0.2) is 4.68 Å². The van der Waals surface area contributed by atoms with Gasteiger partial charge < -0.3 is 9.64 Å². The molecule has 1 spiro atoms. The number of nitrogens with one attached hydrogen (secondary N) is 1. The lowest BCUT2D eigenvalue weighted by Gasteiger charge is -2.43. The maximum atomic E-state index is 13.3. The van der Waals surface area contributed by atoms with Crippen molar-refractivity contribution in [2.45, 2.75) is 19.4 Å². The lowest BCUT2D eigenvalue weighted by molar-refractivity contribution is 0.00690. The summed E-state index contributed by atoms with van der Waals surface area (Å²) in [5, 5.41) is 15.2. The zero-order valence-electron chi connectivity index (χ0n) is 17.5. The molecule has 2 aliphatic rings. The number of ether oxygens (including phenoxy) is 1. The second kappa shape index (κ2) is 8.60. The first-order valence-electron chi connectivity index (χ1n) is 10.7. The molecule has 2 aromatic heterocycles. The van der Waals surface area contributed by atoms with E-state index in [1.54, 1.807) is 17.1 Å². The molecule has 0 saturated carbocycles. The molecule has 1 aromatic carbocycles. The SMILES string of the molecule is O=C(c1cnn(-c2ccccc2)c1)N1CCC[C@]2(COCCN(Cc3cn[nH]n3)C2)C1. The summed E-state index contributed by atoms with van der Waals surface area (Å²) >= 11 is 0. The number of carbonyl (C=O) groups is 1. The van der Waals surface area contributed by atoms with Gasteiger partial charge in [-0.2, -0.15) is 20.5 Å². The van der Waals surface area contributed by atoms with Gasteiger partial charge in [-0.3, -0.25) is 9.69 Å². The number of H-pyrrole nitrogens is 1. The van der Waals surface area contributed by atoms with E-state index in [1.807, 2.05) is 41.4 Å². The van der Waals surface area contributed by atoms with Gasteiger partial charge in [-0.05, 0) is 25.0 Å². The van der Waals surface area contributed by atoms with Crippen molar-refractivity contribution in [1.29, 1.82) is 0 Å². The monoisotopic (exact) mass is 421 g/mol. The first-order valence-corrected chi connectivity index (χ1v) is 10.7. The molecule has 31 heavy (non-hydrogen) atoms. The van der Waals surface area contributed by atoms with Crippen molar-refractivity contribution in [3.05, 3.63) is 60.2 Å². The average molecular weight is 422 g/mol. The fraction of sp³-hybridized carbons (Fsp3) is 0.455. The van der Waals surface area contributed by atoms with Crippen molar-refractivity contribution in [2.24, 2.45) is 5.41 Å². The van der Waals surface area contributed by atoms with Crippen LogP contribution in [0.15, 0.2) is 48.9 Å². The van der Waals surface area contributed by atoms with Crippen LogP contribution >= 0.6 is 0 Å². The Kier molecular flexibility index (Phi) is 5.52. The number of aromatic nitrogens is 5. The summed E-state index contributed by atoms with van der Waals surface area (Å²) in [6.07, 6.45) is 7.27. The number of amides is 1. The van der Waals surface area contributed by atoms with E-state index in [2.05, 4.69) is 25.4 Å². The molecule has 2 saturated heterocycles. The molecule has 1 atom stereocenters. The van der Waals surface area contributed by atoms with Crippen LogP contribution in [-0.2, 0) is 11.3 Å². The van der Waals surface area contributed by atoms with Crippen molar-refractivity contribution >= 4 is 5.91 Å². The van der Waals surface area contributed by atoms with Gasteiger partial charge in [0.1, 0.15) is 0 Å². The van der Waals surface area contributed by atoms with Crippen molar-refractivity contribution in [2.75, 3.05) is 39.4 Å². The van der Waals surface area contributed by atoms with Crippen LogP contribution in [0.5, 0.6) is 0 Å². The van der Waals surface area contributed by atoms with Gasteiger partial charge >= 0.3 is 0 Å². The van der Waals surface area contributed by atoms with Crippen LogP contribution in [-0.4, -0.2) is 80.3 Å². The molecule has 0 bridgehead atoms. The molecule has 0 aliphatic carbocycles. The molecule has 9 heteroatoms. The van der Waals surface area contributed by atoms with E-state index in [0.29, 0.717) is 25.3 Å². The Hall–Kier alpha value is -3.04. The Labute approximate surface area is 181 Å². The number of hydrogen-bond acceptors (Lipinski definition) is 6. The Morgan fingerprint density at radius 3 is 2.90 bits per heavy atom. The fourth-order valence-corrected chi connectivity index (χ4v) is 4.71. The highest BCUT2D eigenvalue weighted by Gasteiger charge is 2.40. The molecule has 2 aliphatic heterocycles. The number of nitrogens with zero attached hydrogens (tertiary/aromatic N) is 6. The Morgan fingerprint density at radius 2 is 2.06 bits per heavy atom. The minimum atomic E-state index is -0.0659. The first kappa shape index (κ1) is 19.9. The number of para-hydroxylation sites is 1. The van der Waals surface area contributed by atoms with Crippen LogP contribution in [0.4, 0.5) is 0 Å². The maximum Gasteiger partial charge on any atom is 0.257 e. The zero-order valence-corrected chi connectivity index (χ0v) is 17.5. The quantitative estimate of drug-likeness (QED) is 0.690. The van der Waals surface area contributed by atoms with E-state index in [4.69, 9.17) is 4.74 Å². The lowest BCUT2D eigenvalue weighted by atomic mass is 9.80. The molecule has 1 amide bonds. The number of carbonyl (C=O) groups excluding carboxylic acids is 1. The third-order valence-electron chi connectivity index (χ3n) is 6.17. The summed E-state index contributed by atoms with van der Waals surface area (Å²) in [5.74, 6) is 0.0357. The highest BCUT2D eigenvalue weighted by atomic mass is 16.5. The molecule has 2 fully saturated rings. The van der Waals surface area contributed by atoms with Crippen LogP contribution in [0.25, 0.3) is 5.69 Å². The number of hydrogen-bond donors (Lipinski definition) is 1. The van der Waals surface area contributed by atoms with Crippen molar-refractivity contribution in [1.82, 2.24) is 35.0 Å². The molecule has 0 unspecified atom stereocenters. The number of likely N-dealkylation sites (tertiary alicyclic amines) is 1. The van der Waals surface area contributed by atoms with E-state index in [-0.39, 0.29) is 11.3 Å². The normalized spacial score (nSPS) is 22.5. The zero-order chi connectivity index (χ0) is 21.1. The number of rotatable bonds is 4. The lowest BCUT2D eigenvalue weighted by Crippen LogP contribution is -2.52. The van der Waals surface area contributed by atoms with Crippen molar-refractivity contribution < 1.29 is 9.53 Å². The van der Waals surface area contributed by atoms with Crippen LogP contribution in [0.2, 0.25) is 0 Å². The van der Waals surface area contributed by atoms with E-state index in [1.165, 1.54) is 0 Å². The second-order valence-corrected chi connectivity index (χ2v) is 8.56. The molecule has 4 heterocycles. The minimum absolute atomic E-state index is 0.0357. The van der Waals surface area contributed by atoms with Crippen LogP contribution in [0.3, 0.4) is 0 Å². The van der Waals surface area contributed by atoms with Crippen LogP contribution in [0, 0.1) is 5.41 Å². The molecular weight excluding hydrogens is 394 g/mol. The summed E-state index contributed by atoms with van der Waals surface area (Å²) in [5.41, 5.74) is 2.42. The van der Waals surface area contributed by atoms with Gasteiger partial charge in [-0.1, -0.05) is 18.2 Å². The number of aromatic amines is 1. The Bertz CT molecular complexity index is 1000. The average Bonchev–Trinajstić information content (AvgIpc) is 3.46. The number of benzene rings is 1. The fourth-order valence-electron chi connectivity index (χ4n) is 4.71. The Balaban J connectivity index is 1.30. The summed E-state index contributed by atoms with van der Waals surface area (Å²) in [4.78, 5) is 17.6. The molecule has 162 valence electrons. The standard InChI is InChI=1S/C22H27N7O2/c30-21(18-11-24-29(13-18)20-5-2-1-3-6-20)28-8-4-7-22(16-28)15-27(9-10-31-17-22)14-19-12-23-26-25-19/h1-3,5-6,11-13H,4,7-10,14-17H2,(H,23,25,26)/t22-/m1/s1. The summed E-state index contributed by atoms with van der Waals surface area (Å²) in [6.45, 7) is 5.30. The third kappa shape index (κ3) is 4.38. The minimum Gasteiger partial charge on any atom is -0.379 e. The molecule has 9 nitrogen and oxygen atoms in total. The highest BCUT2D eigenvalue weighted by molar-refractivity contribution is 5.94. The predicted octanol–water partition coefficient (Wildman–Crippen LogP) is 1.75. The molecule has 1 N–H and O–H groups in total. The van der Waals surface area contributed by atoms with Crippen LogP contribution in [0.1, 0.15) is 28.9 Å². The molecule has 5 rings (SSSR count). The van der Waals surface area contributed by atoms with E-state index in [0.717, 1.165) is 50.4 Å². The van der Waals surface area contributed by atoms with E-state index in [9.17, 15) is 4.79 Å². The first-order chi connectivity index (χ1) is 15.2. The van der Waals surface area contributed by atoms with Crippen molar-refractivity contribution in [3.63, 3.8) is 0 Å². The molecule has 3 aromatic rings. The molecule has 0 radical (unpaired) electrons. The molecular formula is C22H27N7O2. The highest BCUT2D eigenvalue weighted by Crippen LogP contribution is 2.34. The second-order valence-electron chi connectivity index (χ2n) is 8.56. The number of piperidine rings is 1. The van der Waals surface area contributed by atoms with E-state index >= 15 is 0 Å².